The van der Waals surface area contributed by atoms with E-state index in [2.05, 4.69) is 189 Å². The molecule has 274 valence electrons. The van der Waals surface area contributed by atoms with Crippen LogP contribution in [0.5, 0.6) is 0 Å². The number of hydrogen-bond acceptors (Lipinski definition) is 2. The summed E-state index contributed by atoms with van der Waals surface area (Å²) in [5, 5.41) is 10.9. The highest BCUT2D eigenvalue weighted by atomic mass is 16.3. The van der Waals surface area contributed by atoms with E-state index in [4.69, 9.17) is 8.83 Å². The van der Waals surface area contributed by atoms with Gasteiger partial charge in [0.1, 0.15) is 22.5 Å². The highest BCUT2D eigenvalue weighted by Crippen LogP contribution is 2.44. The van der Waals surface area contributed by atoms with Crippen molar-refractivity contribution in [2.45, 2.75) is 12.3 Å². The van der Waals surface area contributed by atoms with Crippen LogP contribution in [0.1, 0.15) is 40.4 Å². The van der Waals surface area contributed by atoms with Crippen LogP contribution in [0.4, 0.5) is 0 Å². The van der Waals surface area contributed by atoms with Gasteiger partial charge in [-0.05, 0) is 102 Å². The summed E-state index contributed by atoms with van der Waals surface area (Å²) in [6, 6.07) is 54.6. The molecule has 1 atom stereocenters. The van der Waals surface area contributed by atoms with E-state index < -0.39 is 0 Å². The van der Waals surface area contributed by atoms with Crippen LogP contribution >= 0.6 is 0 Å². The van der Waals surface area contributed by atoms with Gasteiger partial charge in [-0.3, -0.25) is 0 Å². The third-order valence-corrected chi connectivity index (χ3v) is 12.0. The van der Waals surface area contributed by atoms with Gasteiger partial charge in [-0.25, -0.2) is 0 Å². The summed E-state index contributed by atoms with van der Waals surface area (Å²) < 4.78 is 13.1. The molecule has 2 heteroatoms. The van der Waals surface area contributed by atoms with Crippen LogP contribution in [-0.4, -0.2) is 0 Å². The minimum Gasteiger partial charge on any atom is -0.456 e. The lowest BCUT2D eigenvalue weighted by molar-refractivity contribution is 0.598. The Labute approximate surface area is 336 Å². The maximum Gasteiger partial charge on any atom is 0.139 e. The van der Waals surface area contributed by atoms with E-state index >= 15 is 0 Å². The van der Waals surface area contributed by atoms with Crippen molar-refractivity contribution in [1.29, 1.82) is 0 Å². The number of benzene rings is 8. The van der Waals surface area contributed by atoms with Crippen molar-refractivity contribution in [2.24, 2.45) is 0 Å². The summed E-state index contributed by atoms with van der Waals surface area (Å²) in [6.07, 6.45) is 13.7. The highest BCUT2D eigenvalue weighted by molar-refractivity contribution is 6.26. The summed E-state index contributed by atoms with van der Waals surface area (Å²) >= 11 is 0. The first-order valence-electron chi connectivity index (χ1n) is 19.9. The van der Waals surface area contributed by atoms with Crippen molar-refractivity contribution in [3.63, 3.8) is 0 Å². The summed E-state index contributed by atoms with van der Waals surface area (Å²) in [5.74, 6) is 0.662. The largest absolute Gasteiger partial charge is 0.456 e. The molecule has 8 aromatic carbocycles. The Morgan fingerprint density at radius 2 is 1.19 bits per heavy atom. The minimum absolute atomic E-state index is 0.0747. The molecule has 1 aliphatic carbocycles. The van der Waals surface area contributed by atoms with Gasteiger partial charge in [-0.2, -0.15) is 0 Å². The molecule has 0 saturated carbocycles. The van der Waals surface area contributed by atoms with E-state index in [1.165, 1.54) is 49.0 Å². The molecule has 1 aliphatic rings. The second-order valence-electron chi connectivity index (χ2n) is 15.1. The Morgan fingerprint density at radius 3 is 1.93 bits per heavy atom. The predicted octanol–water partition coefficient (Wildman–Crippen LogP) is 15.8. The first kappa shape index (κ1) is 33.9. The van der Waals surface area contributed by atoms with Crippen molar-refractivity contribution < 1.29 is 8.83 Å². The molecule has 0 N–H and O–H groups in total. The fourth-order valence-electron chi connectivity index (χ4n) is 9.35. The lowest BCUT2D eigenvalue weighted by Gasteiger charge is -2.21. The van der Waals surface area contributed by atoms with Crippen LogP contribution in [0.15, 0.2) is 204 Å². The molecule has 10 aromatic rings. The zero-order chi connectivity index (χ0) is 38.7. The molecule has 0 fully saturated rings. The van der Waals surface area contributed by atoms with Crippen LogP contribution in [0.25, 0.3) is 94.1 Å². The number of fused-ring (bicyclic) bond motifs is 10. The van der Waals surface area contributed by atoms with Gasteiger partial charge in [-0.15, -0.1) is 0 Å². The summed E-state index contributed by atoms with van der Waals surface area (Å²) in [6.45, 7) is 8.13. The topological polar surface area (TPSA) is 26.3 Å². The average Bonchev–Trinajstić information content (AvgIpc) is 3.76. The Balaban J connectivity index is 1.07. The third kappa shape index (κ3) is 5.33. The quantitative estimate of drug-likeness (QED) is 0.152. The molecule has 0 amide bonds. The Bertz CT molecular complexity index is 3360. The maximum atomic E-state index is 6.58. The smallest absolute Gasteiger partial charge is 0.139 e. The van der Waals surface area contributed by atoms with E-state index in [1.54, 1.807) is 6.08 Å². The van der Waals surface area contributed by atoms with E-state index in [0.29, 0.717) is 0 Å². The zero-order valence-corrected chi connectivity index (χ0v) is 31.9. The molecule has 0 bridgehead atoms. The van der Waals surface area contributed by atoms with Crippen LogP contribution in [0.2, 0.25) is 0 Å². The lowest BCUT2D eigenvalue weighted by atomic mass is 9.82. The number of hydrogen-bond donors (Lipinski definition) is 0. The second kappa shape index (κ2) is 13.7. The average molecular weight is 743 g/mol. The lowest BCUT2D eigenvalue weighted by Crippen LogP contribution is -2.05. The molecule has 0 radical (unpaired) electrons. The van der Waals surface area contributed by atoms with Gasteiger partial charge in [0.05, 0.1) is 0 Å². The number of furan rings is 2. The van der Waals surface area contributed by atoms with Gasteiger partial charge in [0.2, 0.25) is 0 Å². The van der Waals surface area contributed by atoms with E-state index in [0.717, 1.165) is 72.9 Å². The van der Waals surface area contributed by atoms with Crippen LogP contribution in [0, 0.1) is 0 Å². The molecule has 0 saturated heterocycles. The molecule has 2 heterocycles. The van der Waals surface area contributed by atoms with E-state index in [1.807, 2.05) is 6.08 Å². The SMILES string of the molecule is C=Cc1oc2c(C(C3=CCC=CC(c4cccc5oc6ccc(-c7ccc8c9ccccc9c9ccccc9c8c7)cc6c45)=C3)c3ccccc3)cccc2c1C=C. The van der Waals surface area contributed by atoms with E-state index in [9.17, 15) is 0 Å². The third-order valence-electron chi connectivity index (χ3n) is 12.0. The summed E-state index contributed by atoms with van der Waals surface area (Å²) in [5.41, 5.74) is 11.7. The van der Waals surface area contributed by atoms with Crippen LogP contribution < -0.4 is 0 Å². The molecule has 1 unspecified atom stereocenters. The van der Waals surface area contributed by atoms with Gasteiger partial charge in [0.15, 0.2) is 0 Å². The number of allylic oxidation sites excluding steroid dienone is 6. The summed E-state index contributed by atoms with van der Waals surface area (Å²) in [7, 11) is 0. The maximum absolute atomic E-state index is 6.58. The molecule has 2 nitrogen and oxygen atoms in total. The predicted molar refractivity (Wildman–Crippen MR) is 246 cm³/mol. The second-order valence-corrected chi connectivity index (χ2v) is 15.1. The zero-order valence-electron chi connectivity index (χ0n) is 31.9. The monoisotopic (exact) mass is 742 g/mol. The Morgan fingerprint density at radius 1 is 0.534 bits per heavy atom. The fraction of sp³-hybridized carbons (Fsp3) is 0.0357. The molecule has 0 spiro atoms. The molecular weight excluding hydrogens is 705 g/mol. The number of para-hydroxylation sites is 1. The van der Waals surface area contributed by atoms with Crippen LogP contribution in [0.3, 0.4) is 0 Å². The van der Waals surface area contributed by atoms with Gasteiger partial charge >= 0.3 is 0 Å². The highest BCUT2D eigenvalue weighted by Gasteiger charge is 2.25. The Hall–Kier alpha value is -7.42. The number of rotatable bonds is 7. The minimum atomic E-state index is -0.0747. The van der Waals surface area contributed by atoms with Gasteiger partial charge in [-0.1, -0.05) is 171 Å². The van der Waals surface area contributed by atoms with E-state index in [-0.39, 0.29) is 5.92 Å². The van der Waals surface area contributed by atoms with Crippen molar-refractivity contribution in [1.82, 2.24) is 0 Å². The molecular formula is C56H38O2. The first-order chi connectivity index (χ1) is 28.7. The van der Waals surface area contributed by atoms with Gasteiger partial charge in [0.25, 0.3) is 0 Å². The first-order valence-corrected chi connectivity index (χ1v) is 19.9. The van der Waals surface area contributed by atoms with Crippen molar-refractivity contribution >= 4 is 83.0 Å². The van der Waals surface area contributed by atoms with Crippen LogP contribution in [-0.2, 0) is 0 Å². The molecule has 58 heavy (non-hydrogen) atoms. The standard InChI is InChI=1S/C56H38O2/c1-3-40-47-25-14-26-48(56(47)58-51(40)4-2)54(35-16-6-5-7-17-35)39-19-9-8-18-38(32-39)41-24-15-27-53-55(41)50-34-37(29-31-52(50)57-53)36-28-30-46-44-22-11-10-20-42(44)43-21-12-13-23-45(43)49(46)33-36/h3-8,10-34,54H,1-2,9H2. The van der Waals surface area contributed by atoms with Crippen molar-refractivity contribution in [3.05, 3.63) is 223 Å². The van der Waals surface area contributed by atoms with Crippen molar-refractivity contribution in [2.75, 3.05) is 0 Å². The molecule has 0 aliphatic heterocycles. The summed E-state index contributed by atoms with van der Waals surface area (Å²) in [4.78, 5) is 0. The van der Waals surface area contributed by atoms with Gasteiger partial charge < -0.3 is 8.83 Å². The normalized spacial score (nSPS) is 13.7. The van der Waals surface area contributed by atoms with Crippen molar-refractivity contribution in [3.8, 4) is 11.1 Å². The molecule has 11 rings (SSSR count). The Kier molecular flexibility index (Phi) is 7.97. The molecule has 2 aromatic heterocycles. The van der Waals surface area contributed by atoms with Gasteiger partial charge in [0, 0.05) is 33.2 Å². The fourth-order valence-corrected chi connectivity index (χ4v) is 9.35.